The Kier molecular flexibility index (Phi) is 8.75. The third kappa shape index (κ3) is 6.25. The van der Waals surface area contributed by atoms with Gasteiger partial charge in [0.1, 0.15) is 5.75 Å². The molecule has 0 atom stereocenters. The fourth-order valence-electron chi connectivity index (χ4n) is 2.30. The molecule has 0 saturated carbocycles. The molecule has 0 spiro atoms. The van der Waals surface area contributed by atoms with Gasteiger partial charge in [-0.05, 0) is 42.7 Å². The third-order valence-electron chi connectivity index (χ3n) is 3.89. The van der Waals surface area contributed by atoms with Crippen LogP contribution < -0.4 is 25.3 Å². The zero-order valence-electron chi connectivity index (χ0n) is 16.1. The van der Waals surface area contributed by atoms with E-state index in [1.54, 1.807) is 50.6 Å². The van der Waals surface area contributed by atoms with E-state index in [2.05, 4.69) is 19.2 Å². The van der Waals surface area contributed by atoms with Gasteiger partial charge in [0.15, 0.2) is 11.5 Å². The second kappa shape index (κ2) is 10.5. The summed E-state index contributed by atoms with van der Waals surface area (Å²) in [6, 6.07) is 10.2. The van der Waals surface area contributed by atoms with Crippen LogP contribution in [0.15, 0.2) is 36.4 Å². The second-order valence-electron chi connectivity index (χ2n) is 6.30. The number of amides is 1. The van der Waals surface area contributed by atoms with Gasteiger partial charge < -0.3 is 25.3 Å². The molecule has 7 heteroatoms. The number of hydrogen-bond donors (Lipinski definition) is 2. The van der Waals surface area contributed by atoms with E-state index in [0.717, 1.165) is 6.42 Å². The van der Waals surface area contributed by atoms with Crippen molar-refractivity contribution in [2.45, 2.75) is 20.3 Å². The molecule has 2 aromatic rings. The van der Waals surface area contributed by atoms with Crippen molar-refractivity contribution >= 4 is 29.7 Å². The van der Waals surface area contributed by atoms with Gasteiger partial charge >= 0.3 is 0 Å². The Bertz CT molecular complexity index is 766. The number of ether oxygens (including phenoxy) is 3. The first-order chi connectivity index (χ1) is 12.4. The molecule has 0 saturated heterocycles. The van der Waals surface area contributed by atoms with Crippen molar-refractivity contribution in [1.29, 1.82) is 0 Å². The molecule has 6 nitrogen and oxygen atoms in total. The van der Waals surface area contributed by atoms with Gasteiger partial charge in [-0.3, -0.25) is 4.79 Å². The summed E-state index contributed by atoms with van der Waals surface area (Å²) in [7, 11) is 3.10. The Hall–Kier alpha value is -2.60. The normalized spacial score (nSPS) is 10.1. The number of carbonyl (C=O) groups is 1. The zero-order valence-corrected chi connectivity index (χ0v) is 16.9. The molecular formula is C20H27ClN2O4. The van der Waals surface area contributed by atoms with Crippen LogP contribution in [0.5, 0.6) is 17.2 Å². The summed E-state index contributed by atoms with van der Waals surface area (Å²) in [5.41, 5.74) is 7.31. The summed E-state index contributed by atoms with van der Waals surface area (Å²) in [6.07, 6.45) is 0.945. The van der Waals surface area contributed by atoms with Gasteiger partial charge in [-0.2, -0.15) is 0 Å². The monoisotopic (exact) mass is 394 g/mol. The first-order valence-corrected chi connectivity index (χ1v) is 8.50. The second-order valence-corrected chi connectivity index (χ2v) is 6.30. The molecule has 0 radical (unpaired) electrons. The fourth-order valence-corrected chi connectivity index (χ4v) is 2.30. The largest absolute Gasteiger partial charge is 0.497 e. The smallest absolute Gasteiger partial charge is 0.255 e. The van der Waals surface area contributed by atoms with Crippen LogP contribution in [0.1, 0.15) is 30.6 Å². The maximum absolute atomic E-state index is 12.5. The van der Waals surface area contributed by atoms with Crippen molar-refractivity contribution in [3.63, 3.8) is 0 Å². The van der Waals surface area contributed by atoms with Crippen LogP contribution in [-0.4, -0.2) is 26.7 Å². The van der Waals surface area contributed by atoms with Gasteiger partial charge in [0.25, 0.3) is 5.91 Å². The Morgan fingerprint density at radius 2 is 1.81 bits per heavy atom. The van der Waals surface area contributed by atoms with Crippen molar-refractivity contribution in [2.24, 2.45) is 5.92 Å². The minimum absolute atomic E-state index is 0. The van der Waals surface area contributed by atoms with Gasteiger partial charge in [0, 0.05) is 11.6 Å². The lowest BCUT2D eigenvalue weighted by Gasteiger charge is -2.14. The van der Waals surface area contributed by atoms with E-state index < -0.39 is 0 Å². The number of anilines is 2. The maximum Gasteiger partial charge on any atom is 0.255 e. The minimum atomic E-state index is -0.294. The van der Waals surface area contributed by atoms with Crippen LogP contribution in [0.2, 0.25) is 0 Å². The Morgan fingerprint density at radius 1 is 1.07 bits per heavy atom. The average Bonchev–Trinajstić information content (AvgIpc) is 2.63. The van der Waals surface area contributed by atoms with Crippen LogP contribution >= 0.6 is 12.4 Å². The van der Waals surface area contributed by atoms with Crippen LogP contribution in [0, 0.1) is 5.92 Å². The summed E-state index contributed by atoms with van der Waals surface area (Å²) in [6.45, 7) is 4.87. The molecule has 1 amide bonds. The highest BCUT2D eigenvalue weighted by Gasteiger charge is 2.13. The van der Waals surface area contributed by atoms with Crippen molar-refractivity contribution in [3.05, 3.63) is 42.0 Å². The molecule has 0 aliphatic rings. The molecule has 2 rings (SSSR count). The number of nitrogen functional groups attached to an aromatic ring is 1. The molecule has 27 heavy (non-hydrogen) atoms. The number of benzene rings is 2. The summed E-state index contributed by atoms with van der Waals surface area (Å²) >= 11 is 0. The molecule has 0 unspecified atom stereocenters. The topological polar surface area (TPSA) is 82.8 Å². The molecular weight excluding hydrogens is 368 g/mol. The third-order valence-corrected chi connectivity index (χ3v) is 3.89. The Balaban J connectivity index is 0.00000364. The Morgan fingerprint density at radius 3 is 2.44 bits per heavy atom. The molecule has 0 aliphatic carbocycles. The van der Waals surface area contributed by atoms with Gasteiger partial charge in [-0.25, -0.2) is 0 Å². The SMILES string of the molecule is COc1ccc(N)c(NC(=O)c2ccc(OCCC(C)C)c(OC)c2)c1.Cl. The standard InChI is InChI=1S/C20H26N2O4.ClH/c1-13(2)9-10-26-18-8-5-14(11-19(18)25-4)20(23)22-17-12-15(24-3)6-7-16(17)21;/h5-8,11-13H,9-10,21H2,1-4H3,(H,22,23);1H. The number of nitrogens with two attached hydrogens (primary N) is 1. The van der Waals surface area contributed by atoms with Crippen LogP contribution in [0.25, 0.3) is 0 Å². The van der Waals surface area contributed by atoms with E-state index >= 15 is 0 Å². The molecule has 148 valence electrons. The number of methoxy groups -OCH3 is 2. The van der Waals surface area contributed by atoms with Gasteiger partial charge in [0.05, 0.1) is 32.2 Å². The number of hydrogen-bond acceptors (Lipinski definition) is 5. The van der Waals surface area contributed by atoms with E-state index in [1.807, 2.05) is 0 Å². The summed E-state index contributed by atoms with van der Waals surface area (Å²) < 4.78 is 16.3. The van der Waals surface area contributed by atoms with Crippen molar-refractivity contribution in [3.8, 4) is 17.2 Å². The molecule has 2 aromatic carbocycles. The molecule has 0 bridgehead atoms. The summed E-state index contributed by atoms with van der Waals surface area (Å²) in [5, 5.41) is 2.79. The molecule has 3 N–H and O–H groups in total. The lowest BCUT2D eigenvalue weighted by molar-refractivity contribution is 0.102. The molecule has 0 aliphatic heterocycles. The number of rotatable bonds is 8. The average molecular weight is 395 g/mol. The van der Waals surface area contributed by atoms with Crippen LogP contribution in [0.3, 0.4) is 0 Å². The van der Waals surface area contributed by atoms with Crippen molar-refractivity contribution < 1.29 is 19.0 Å². The van der Waals surface area contributed by atoms with E-state index in [9.17, 15) is 4.79 Å². The maximum atomic E-state index is 12.5. The molecule has 0 fully saturated rings. The zero-order chi connectivity index (χ0) is 19.1. The predicted octanol–water partition coefficient (Wildman–Crippen LogP) is 4.39. The van der Waals surface area contributed by atoms with E-state index in [-0.39, 0.29) is 18.3 Å². The van der Waals surface area contributed by atoms with Gasteiger partial charge in [0.2, 0.25) is 0 Å². The fraction of sp³-hybridized carbons (Fsp3) is 0.350. The van der Waals surface area contributed by atoms with Crippen molar-refractivity contribution in [1.82, 2.24) is 0 Å². The summed E-state index contributed by atoms with van der Waals surface area (Å²) in [4.78, 5) is 12.5. The van der Waals surface area contributed by atoms with Crippen molar-refractivity contribution in [2.75, 3.05) is 31.9 Å². The first kappa shape index (κ1) is 22.4. The van der Waals surface area contributed by atoms with Gasteiger partial charge in [-0.1, -0.05) is 13.8 Å². The summed E-state index contributed by atoms with van der Waals surface area (Å²) in [5.74, 6) is 2.00. The van der Waals surface area contributed by atoms with E-state index in [0.29, 0.717) is 46.7 Å². The molecule has 0 aromatic heterocycles. The number of nitrogens with one attached hydrogen (secondary N) is 1. The Labute approximate surface area is 166 Å². The first-order valence-electron chi connectivity index (χ1n) is 8.50. The van der Waals surface area contributed by atoms with Crippen LogP contribution in [-0.2, 0) is 0 Å². The van der Waals surface area contributed by atoms with Crippen LogP contribution in [0.4, 0.5) is 11.4 Å². The highest BCUT2D eigenvalue weighted by Crippen LogP contribution is 2.30. The predicted molar refractivity (Wildman–Crippen MR) is 111 cm³/mol. The minimum Gasteiger partial charge on any atom is -0.497 e. The highest BCUT2D eigenvalue weighted by atomic mass is 35.5. The van der Waals surface area contributed by atoms with E-state index in [4.69, 9.17) is 19.9 Å². The number of halogens is 1. The van der Waals surface area contributed by atoms with Gasteiger partial charge in [-0.15, -0.1) is 12.4 Å². The quantitative estimate of drug-likeness (QED) is 0.649. The van der Waals surface area contributed by atoms with E-state index in [1.165, 1.54) is 0 Å². The lowest BCUT2D eigenvalue weighted by Crippen LogP contribution is -2.13. The lowest BCUT2D eigenvalue weighted by atomic mass is 10.1. The molecule has 0 heterocycles. The highest BCUT2D eigenvalue weighted by molar-refractivity contribution is 6.06. The number of carbonyl (C=O) groups excluding carboxylic acids is 1.